The standard InChI is InChI=1S/C18H26FN5S.HI/c1-13-17(25-14(2)23-13)11-22-18(20-3)21-9-10-24(4)12-15-5-7-16(19)8-6-15;/h5-8H,9-12H2,1-4H3,(H2,20,21,22);1H. The lowest BCUT2D eigenvalue weighted by molar-refractivity contribution is 0.331. The van der Waals surface area contributed by atoms with Crippen molar-refractivity contribution in [2.24, 2.45) is 4.99 Å². The number of likely N-dealkylation sites (N-methyl/N-ethyl adjacent to an activating group) is 1. The number of rotatable bonds is 7. The van der Waals surface area contributed by atoms with Gasteiger partial charge in [0.05, 0.1) is 17.2 Å². The van der Waals surface area contributed by atoms with Crippen molar-refractivity contribution in [1.29, 1.82) is 0 Å². The maximum Gasteiger partial charge on any atom is 0.191 e. The van der Waals surface area contributed by atoms with E-state index in [1.807, 2.05) is 33.0 Å². The van der Waals surface area contributed by atoms with E-state index in [0.29, 0.717) is 0 Å². The predicted octanol–water partition coefficient (Wildman–Crippen LogP) is 3.31. The molecule has 2 N–H and O–H groups in total. The lowest BCUT2D eigenvalue weighted by atomic mass is 10.2. The molecule has 0 atom stereocenters. The van der Waals surface area contributed by atoms with Crippen LogP contribution in [0.2, 0.25) is 0 Å². The van der Waals surface area contributed by atoms with Gasteiger partial charge in [-0.15, -0.1) is 35.3 Å². The summed E-state index contributed by atoms with van der Waals surface area (Å²) in [6.45, 7) is 7.19. The summed E-state index contributed by atoms with van der Waals surface area (Å²) in [5, 5.41) is 7.71. The zero-order chi connectivity index (χ0) is 18.2. The molecule has 8 heteroatoms. The van der Waals surface area contributed by atoms with Crippen molar-refractivity contribution in [1.82, 2.24) is 20.5 Å². The molecule has 144 valence electrons. The van der Waals surface area contributed by atoms with Crippen molar-refractivity contribution in [2.45, 2.75) is 26.9 Å². The number of nitrogens with zero attached hydrogens (tertiary/aromatic N) is 3. The molecular weight excluding hydrogens is 464 g/mol. The average Bonchev–Trinajstić information content (AvgIpc) is 2.90. The van der Waals surface area contributed by atoms with E-state index in [9.17, 15) is 4.39 Å². The molecule has 2 rings (SSSR count). The van der Waals surface area contributed by atoms with Gasteiger partial charge in [0, 0.05) is 31.6 Å². The van der Waals surface area contributed by atoms with Gasteiger partial charge in [-0.2, -0.15) is 0 Å². The van der Waals surface area contributed by atoms with Crippen molar-refractivity contribution in [2.75, 3.05) is 27.2 Å². The molecule has 5 nitrogen and oxygen atoms in total. The highest BCUT2D eigenvalue weighted by Gasteiger charge is 2.06. The second-order valence-corrected chi connectivity index (χ2v) is 7.25. The summed E-state index contributed by atoms with van der Waals surface area (Å²) < 4.78 is 12.9. The van der Waals surface area contributed by atoms with Gasteiger partial charge in [0.15, 0.2) is 5.96 Å². The van der Waals surface area contributed by atoms with Crippen LogP contribution in [-0.4, -0.2) is 43.0 Å². The summed E-state index contributed by atoms with van der Waals surface area (Å²) in [5.74, 6) is 0.579. The molecule has 0 spiro atoms. The summed E-state index contributed by atoms with van der Waals surface area (Å²) in [6, 6.07) is 6.63. The first-order chi connectivity index (χ1) is 12.0. The molecule has 0 aliphatic heterocycles. The van der Waals surface area contributed by atoms with E-state index in [2.05, 4.69) is 25.5 Å². The third-order valence-corrected chi connectivity index (χ3v) is 4.86. The lowest BCUT2D eigenvalue weighted by Crippen LogP contribution is -2.40. The number of thiazole rings is 1. The van der Waals surface area contributed by atoms with Crippen LogP contribution in [0.5, 0.6) is 0 Å². The van der Waals surface area contributed by atoms with Gasteiger partial charge in [-0.3, -0.25) is 4.99 Å². The fourth-order valence-corrected chi connectivity index (χ4v) is 3.34. The van der Waals surface area contributed by atoms with Gasteiger partial charge in [0.2, 0.25) is 0 Å². The highest BCUT2D eigenvalue weighted by atomic mass is 127. The first kappa shape index (κ1) is 22.8. The molecule has 1 heterocycles. The smallest absolute Gasteiger partial charge is 0.191 e. The maximum atomic E-state index is 12.9. The largest absolute Gasteiger partial charge is 0.355 e. The van der Waals surface area contributed by atoms with Crippen molar-refractivity contribution in [3.8, 4) is 0 Å². The Labute approximate surface area is 176 Å². The van der Waals surface area contributed by atoms with Crippen LogP contribution in [0.4, 0.5) is 4.39 Å². The Balaban J connectivity index is 0.00000338. The Morgan fingerprint density at radius 2 is 1.92 bits per heavy atom. The minimum absolute atomic E-state index is 0. The van der Waals surface area contributed by atoms with Gasteiger partial charge in [-0.1, -0.05) is 12.1 Å². The van der Waals surface area contributed by atoms with Gasteiger partial charge < -0.3 is 15.5 Å². The molecule has 1 aromatic carbocycles. The summed E-state index contributed by atoms with van der Waals surface area (Å²) in [7, 11) is 3.81. The van der Waals surface area contributed by atoms with Crippen LogP contribution in [0.3, 0.4) is 0 Å². The quantitative estimate of drug-likeness (QED) is 0.355. The normalized spacial score (nSPS) is 11.4. The molecule has 0 saturated heterocycles. The first-order valence-corrected chi connectivity index (χ1v) is 9.10. The third-order valence-electron chi connectivity index (χ3n) is 3.79. The molecule has 0 aliphatic rings. The van der Waals surface area contributed by atoms with Crippen molar-refractivity contribution < 1.29 is 4.39 Å². The number of aliphatic imine (C=N–C) groups is 1. The summed E-state index contributed by atoms with van der Waals surface area (Å²) >= 11 is 1.71. The Morgan fingerprint density at radius 1 is 1.23 bits per heavy atom. The van der Waals surface area contributed by atoms with Crippen LogP contribution in [0.1, 0.15) is 21.1 Å². The highest BCUT2D eigenvalue weighted by molar-refractivity contribution is 14.0. The van der Waals surface area contributed by atoms with E-state index in [1.54, 1.807) is 18.4 Å². The number of nitrogens with one attached hydrogen (secondary N) is 2. The third kappa shape index (κ3) is 7.55. The van der Waals surface area contributed by atoms with Gasteiger partial charge >= 0.3 is 0 Å². The van der Waals surface area contributed by atoms with E-state index in [4.69, 9.17) is 0 Å². The second kappa shape index (κ2) is 11.5. The van der Waals surface area contributed by atoms with Crippen molar-refractivity contribution in [3.63, 3.8) is 0 Å². The van der Waals surface area contributed by atoms with Crippen LogP contribution in [0.25, 0.3) is 0 Å². The number of aromatic nitrogens is 1. The van der Waals surface area contributed by atoms with E-state index < -0.39 is 0 Å². The zero-order valence-electron chi connectivity index (χ0n) is 15.7. The van der Waals surface area contributed by atoms with Gasteiger partial charge in [0.1, 0.15) is 5.82 Å². The van der Waals surface area contributed by atoms with Gasteiger partial charge in [-0.05, 0) is 38.6 Å². The first-order valence-electron chi connectivity index (χ1n) is 8.28. The van der Waals surface area contributed by atoms with Crippen LogP contribution in [0, 0.1) is 19.7 Å². The van der Waals surface area contributed by atoms with Gasteiger partial charge in [-0.25, -0.2) is 9.37 Å². The van der Waals surface area contributed by atoms with E-state index >= 15 is 0 Å². The summed E-state index contributed by atoms with van der Waals surface area (Å²) in [5.41, 5.74) is 2.17. The molecule has 26 heavy (non-hydrogen) atoms. The highest BCUT2D eigenvalue weighted by Crippen LogP contribution is 2.16. The molecule has 0 unspecified atom stereocenters. The number of aryl methyl sites for hydroxylation is 2. The molecule has 0 radical (unpaired) electrons. The Kier molecular flexibility index (Phi) is 10.0. The molecule has 0 fully saturated rings. The molecule has 0 bridgehead atoms. The van der Waals surface area contributed by atoms with Crippen LogP contribution >= 0.6 is 35.3 Å². The van der Waals surface area contributed by atoms with E-state index in [1.165, 1.54) is 17.0 Å². The Bertz CT molecular complexity index is 702. The van der Waals surface area contributed by atoms with Gasteiger partial charge in [0.25, 0.3) is 0 Å². The molecule has 2 aromatic rings. The number of hydrogen-bond acceptors (Lipinski definition) is 4. The molecule has 0 aliphatic carbocycles. The predicted molar refractivity (Wildman–Crippen MR) is 118 cm³/mol. The number of halogens is 2. The summed E-state index contributed by atoms with van der Waals surface area (Å²) in [4.78, 5) is 12.1. The number of benzene rings is 1. The topological polar surface area (TPSA) is 52.6 Å². The maximum absolute atomic E-state index is 12.9. The number of guanidine groups is 1. The SMILES string of the molecule is CN=C(NCCN(C)Cc1ccc(F)cc1)NCc1sc(C)nc1C.I. The lowest BCUT2D eigenvalue weighted by Gasteiger charge is -2.18. The zero-order valence-corrected chi connectivity index (χ0v) is 18.8. The van der Waals surface area contributed by atoms with E-state index in [-0.39, 0.29) is 29.8 Å². The van der Waals surface area contributed by atoms with Crippen LogP contribution in [0.15, 0.2) is 29.3 Å². The molecule has 0 saturated carbocycles. The van der Waals surface area contributed by atoms with E-state index in [0.717, 1.165) is 48.4 Å². The number of hydrogen-bond donors (Lipinski definition) is 2. The van der Waals surface area contributed by atoms with Crippen LogP contribution in [-0.2, 0) is 13.1 Å². The fourth-order valence-electron chi connectivity index (χ4n) is 2.47. The monoisotopic (exact) mass is 491 g/mol. The second-order valence-electron chi connectivity index (χ2n) is 5.96. The average molecular weight is 491 g/mol. The fraction of sp³-hybridized carbons (Fsp3) is 0.444. The Morgan fingerprint density at radius 3 is 2.50 bits per heavy atom. The minimum atomic E-state index is -0.200. The molecular formula is C18H27FIN5S. The van der Waals surface area contributed by atoms with Crippen molar-refractivity contribution in [3.05, 3.63) is 51.2 Å². The summed E-state index contributed by atoms with van der Waals surface area (Å²) in [6.07, 6.45) is 0. The minimum Gasteiger partial charge on any atom is -0.355 e. The molecule has 1 aromatic heterocycles. The van der Waals surface area contributed by atoms with Crippen LogP contribution < -0.4 is 10.6 Å². The Hall–Kier alpha value is -1.26. The molecule has 0 amide bonds. The van der Waals surface area contributed by atoms with Crippen molar-refractivity contribution >= 4 is 41.3 Å².